The number of hydrogen-bond acceptors (Lipinski definition) is 8. The van der Waals surface area contributed by atoms with Crippen LogP contribution in [-0.4, -0.2) is 33.1 Å². The van der Waals surface area contributed by atoms with E-state index in [0.717, 1.165) is 90.4 Å². The van der Waals surface area contributed by atoms with Gasteiger partial charge in [-0.05, 0) is 88.1 Å². The SMILES string of the molecule is CC(C)(C)c1ccc2oc3c(c2c1)B1c2c(cccc2N(c2ccc4c(c2)OCCO4)c2oc4ccc(C(C)(C)C)cc4c21)N3c1ccc2c(c1)OCCO2. The van der Waals surface area contributed by atoms with Crippen LogP contribution < -0.4 is 45.1 Å². The van der Waals surface area contributed by atoms with Gasteiger partial charge in [-0.2, -0.15) is 0 Å². The minimum absolute atomic E-state index is 0.0672. The number of hydrogen-bond donors (Lipinski definition) is 0. The summed E-state index contributed by atoms with van der Waals surface area (Å²) in [6, 6.07) is 32.2. The monoisotopic (exact) mass is 728 g/mol. The Kier molecular flexibility index (Phi) is 6.67. The lowest BCUT2D eigenvalue weighted by molar-refractivity contribution is 0.171. The maximum absolute atomic E-state index is 7.06. The fourth-order valence-corrected chi connectivity index (χ4v) is 8.76. The highest BCUT2D eigenvalue weighted by atomic mass is 16.6. The molecule has 11 rings (SSSR count). The highest BCUT2D eigenvalue weighted by molar-refractivity contribution is 7.02. The van der Waals surface area contributed by atoms with Crippen LogP contribution in [-0.2, 0) is 10.8 Å². The van der Waals surface area contributed by atoms with Crippen LogP contribution in [0.3, 0.4) is 0 Å². The van der Waals surface area contributed by atoms with Gasteiger partial charge >= 0.3 is 0 Å². The average Bonchev–Trinajstić information content (AvgIpc) is 3.75. The Morgan fingerprint density at radius 1 is 0.473 bits per heavy atom. The third-order valence-electron chi connectivity index (χ3n) is 11.5. The number of rotatable bonds is 2. The molecule has 0 unspecified atom stereocenters. The lowest BCUT2D eigenvalue weighted by Crippen LogP contribution is -2.60. The number of ether oxygens (including phenoxy) is 4. The molecule has 0 N–H and O–H groups in total. The van der Waals surface area contributed by atoms with Crippen molar-refractivity contribution >= 4 is 79.6 Å². The molecule has 0 fully saturated rings. The first-order chi connectivity index (χ1) is 26.5. The lowest BCUT2D eigenvalue weighted by atomic mass is 9.33. The zero-order chi connectivity index (χ0) is 37.4. The van der Waals surface area contributed by atoms with Crippen LogP contribution in [0.4, 0.5) is 34.5 Å². The second kappa shape index (κ2) is 11.3. The van der Waals surface area contributed by atoms with E-state index in [2.05, 4.69) is 130 Å². The molecule has 0 radical (unpaired) electrons. The fraction of sp³-hybridized carbons (Fsp3) is 0.261. The predicted molar refractivity (Wildman–Crippen MR) is 219 cm³/mol. The van der Waals surface area contributed by atoms with Crippen molar-refractivity contribution in [2.75, 3.05) is 36.2 Å². The number of nitrogens with zero attached hydrogens (tertiary/aromatic N) is 2. The van der Waals surface area contributed by atoms with Gasteiger partial charge in [0.15, 0.2) is 23.0 Å². The Morgan fingerprint density at radius 2 is 0.909 bits per heavy atom. The zero-order valence-electron chi connectivity index (χ0n) is 31.9. The zero-order valence-corrected chi connectivity index (χ0v) is 31.9. The highest BCUT2D eigenvalue weighted by Gasteiger charge is 2.49. The molecule has 8 nitrogen and oxygen atoms in total. The van der Waals surface area contributed by atoms with Gasteiger partial charge in [0.1, 0.15) is 37.6 Å². The third kappa shape index (κ3) is 4.78. The van der Waals surface area contributed by atoms with E-state index in [9.17, 15) is 0 Å². The van der Waals surface area contributed by atoms with Crippen LogP contribution in [0.25, 0.3) is 21.9 Å². The molecule has 0 atom stereocenters. The molecule has 5 aromatic carbocycles. The molecule has 2 aromatic heterocycles. The van der Waals surface area contributed by atoms with Crippen molar-refractivity contribution in [3.8, 4) is 23.0 Å². The summed E-state index contributed by atoms with van der Waals surface area (Å²) in [7, 11) is 0. The summed E-state index contributed by atoms with van der Waals surface area (Å²) >= 11 is 0. The molecular weight excluding hydrogens is 687 g/mol. The first-order valence-electron chi connectivity index (χ1n) is 19.2. The van der Waals surface area contributed by atoms with Crippen molar-refractivity contribution < 1.29 is 27.8 Å². The number of benzene rings is 5. The van der Waals surface area contributed by atoms with Crippen molar-refractivity contribution in [2.45, 2.75) is 52.4 Å². The molecule has 7 aromatic rings. The van der Waals surface area contributed by atoms with Gasteiger partial charge in [-0.15, -0.1) is 0 Å². The van der Waals surface area contributed by atoms with E-state index in [-0.39, 0.29) is 17.5 Å². The standard InChI is InChI=1S/C46H41BN2O6/c1-45(2,3)26-10-14-34-30(22-26)40-43(54-34)48(28-12-16-36-38(24-28)52-20-18-50-36)32-8-7-9-33-42(32)47(40)41-31-23-27(46(4,5)6)11-15-35(31)55-44(41)49(33)29-13-17-37-39(25-29)53-21-19-51-37/h7-17,22-25H,18-21H2,1-6H3. The van der Waals surface area contributed by atoms with E-state index in [1.807, 2.05) is 12.1 Å². The highest BCUT2D eigenvalue weighted by Crippen LogP contribution is 2.49. The molecule has 6 heterocycles. The molecule has 0 aliphatic carbocycles. The Balaban J connectivity index is 1.26. The van der Waals surface area contributed by atoms with E-state index in [0.29, 0.717) is 26.4 Å². The van der Waals surface area contributed by atoms with Crippen LogP contribution >= 0.6 is 0 Å². The first kappa shape index (κ1) is 32.5. The van der Waals surface area contributed by atoms with E-state index in [1.165, 1.54) is 16.6 Å². The fourth-order valence-electron chi connectivity index (χ4n) is 8.76. The van der Waals surface area contributed by atoms with Gasteiger partial charge < -0.3 is 27.8 Å². The van der Waals surface area contributed by atoms with E-state index in [1.54, 1.807) is 0 Å². The van der Waals surface area contributed by atoms with Crippen LogP contribution in [0.15, 0.2) is 99.8 Å². The van der Waals surface area contributed by atoms with Gasteiger partial charge in [-0.3, -0.25) is 9.80 Å². The molecule has 9 heteroatoms. The summed E-state index contributed by atoms with van der Waals surface area (Å²) in [6.45, 7) is 15.4. The normalized spacial score (nSPS) is 15.6. The second-order valence-electron chi connectivity index (χ2n) is 17.0. The molecule has 4 aliphatic heterocycles. The van der Waals surface area contributed by atoms with Crippen LogP contribution in [0, 0.1) is 0 Å². The minimum atomic E-state index is -0.203. The topological polar surface area (TPSA) is 69.7 Å². The molecule has 55 heavy (non-hydrogen) atoms. The first-order valence-corrected chi connectivity index (χ1v) is 19.2. The molecular formula is C46H41BN2O6. The molecule has 0 saturated carbocycles. The summed E-state index contributed by atoms with van der Waals surface area (Å²) in [5.41, 5.74) is 11.3. The van der Waals surface area contributed by atoms with Crippen molar-refractivity contribution in [3.63, 3.8) is 0 Å². The van der Waals surface area contributed by atoms with Gasteiger partial charge in [-0.1, -0.05) is 59.7 Å². The van der Waals surface area contributed by atoms with Crippen LogP contribution in [0.5, 0.6) is 23.0 Å². The Bertz CT molecular complexity index is 2550. The van der Waals surface area contributed by atoms with E-state index >= 15 is 0 Å². The molecule has 274 valence electrons. The predicted octanol–water partition coefficient (Wildman–Crippen LogP) is 9.40. The Morgan fingerprint density at radius 3 is 1.35 bits per heavy atom. The number of anilines is 6. The van der Waals surface area contributed by atoms with Gasteiger partial charge in [0.2, 0.25) is 11.8 Å². The third-order valence-corrected chi connectivity index (χ3v) is 11.5. The van der Waals surface area contributed by atoms with Gasteiger partial charge in [0.05, 0.1) is 11.4 Å². The van der Waals surface area contributed by atoms with Crippen molar-refractivity contribution in [2.24, 2.45) is 0 Å². The van der Waals surface area contributed by atoms with Crippen molar-refractivity contribution in [1.29, 1.82) is 0 Å². The maximum atomic E-state index is 7.06. The number of furan rings is 2. The summed E-state index contributed by atoms with van der Waals surface area (Å²) in [4.78, 5) is 4.52. The minimum Gasteiger partial charge on any atom is -0.486 e. The summed E-state index contributed by atoms with van der Waals surface area (Å²) in [6.07, 6.45) is 0. The van der Waals surface area contributed by atoms with Gasteiger partial charge in [0.25, 0.3) is 6.71 Å². The second-order valence-corrected chi connectivity index (χ2v) is 17.0. The van der Waals surface area contributed by atoms with E-state index < -0.39 is 0 Å². The lowest BCUT2D eigenvalue weighted by Gasteiger charge is -2.40. The quantitative estimate of drug-likeness (QED) is 0.163. The Labute approximate surface area is 320 Å². The smallest absolute Gasteiger partial charge is 0.262 e. The molecule has 0 amide bonds. The van der Waals surface area contributed by atoms with Crippen LogP contribution in [0.1, 0.15) is 52.7 Å². The average molecular weight is 729 g/mol. The van der Waals surface area contributed by atoms with Crippen molar-refractivity contribution in [1.82, 2.24) is 0 Å². The largest absolute Gasteiger partial charge is 0.486 e. The van der Waals surface area contributed by atoms with Crippen LogP contribution in [0.2, 0.25) is 0 Å². The molecule has 0 spiro atoms. The summed E-state index contributed by atoms with van der Waals surface area (Å²) in [5, 5.41) is 2.19. The summed E-state index contributed by atoms with van der Waals surface area (Å²) < 4.78 is 38.3. The Hall–Kier alpha value is -5.96. The molecule has 0 bridgehead atoms. The maximum Gasteiger partial charge on any atom is 0.262 e. The molecule has 0 saturated heterocycles. The van der Waals surface area contributed by atoms with E-state index in [4.69, 9.17) is 27.8 Å². The molecule has 4 aliphatic rings. The van der Waals surface area contributed by atoms with Crippen molar-refractivity contribution in [3.05, 3.63) is 102 Å². The van der Waals surface area contributed by atoms with Gasteiger partial charge in [0, 0.05) is 45.2 Å². The number of fused-ring (bicyclic) bond motifs is 10. The summed E-state index contributed by atoms with van der Waals surface area (Å²) in [5.74, 6) is 4.50. The van der Waals surface area contributed by atoms with Gasteiger partial charge in [-0.25, -0.2) is 0 Å².